The predicted molar refractivity (Wildman–Crippen MR) is 95.5 cm³/mol. The minimum Gasteiger partial charge on any atom is -0.351 e. The molecule has 0 spiro atoms. The van der Waals surface area contributed by atoms with Crippen LogP contribution < -0.4 is 16.6 Å². The smallest absolute Gasteiger partial charge is 0.250 e. The maximum atomic E-state index is 12.0. The summed E-state index contributed by atoms with van der Waals surface area (Å²) < 4.78 is 1.65. The fourth-order valence-corrected chi connectivity index (χ4v) is 2.37. The summed E-state index contributed by atoms with van der Waals surface area (Å²) in [5.74, 6) is 0.0424. The Morgan fingerprint density at radius 3 is 2.46 bits per heavy atom. The van der Waals surface area contributed by atoms with Gasteiger partial charge in [-0.3, -0.25) is 9.59 Å². The highest BCUT2D eigenvalue weighted by Crippen LogP contribution is 2.08. The highest BCUT2D eigenvalue weighted by atomic mass is 16.2. The predicted octanol–water partition coefficient (Wildman–Crippen LogP) is 1.89. The fourth-order valence-electron chi connectivity index (χ4n) is 2.37. The first-order chi connectivity index (χ1) is 11.5. The molecule has 1 amide bonds. The lowest BCUT2D eigenvalue weighted by Gasteiger charge is -2.17. The van der Waals surface area contributed by atoms with Gasteiger partial charge in [-0.15, -0.1) is 0 Å². The number of amides is 1. The molecule has 2 unspecified atom stereocenters. The number of pyridine rings is 1. The van der Waals surface area contributed by atoms with Crippen LogP contribution in [0.4, 0.5) is 0 Å². The van der Waals surface area contributed by atoms with Crippen molar-refractivity contribution < 1.29 is 4.79 Å². The zero-order valence-corrected chi connectivity index (χ0v) is 14.2. The van der Waals surface area contributed by atoms with Crippen molar-refractivity contribution in [2.45, 2.75) is 39.4 Å². The van der Waals surface area contributed by atoms with E-state index in [9.17, 15) is 9.59 Å². The molecule has 5 nitrogen and oxygen atoms in total. The number of carbonyl (C=O) groups is 1. The summed E-state index contributed by atoms with van der Waals surface area (Å²) in [6.07, 6.45) is 2.65. The number of nitrogens with zero attached hydrogens (tertiary/aromatic N) is 1. The number of nitrogens with two attached hydrogens (primary N) is 1. The Kier molecular flexibility index (Phi) is 6.32. The summed E-state index contributed by atoms with van der Waals surface area (Å²) in [7, 11) is 0. The van der Waals surface area contributed by atoms with Gasteiger partial charge in [0.05, 0.1) is 12.6 Å². The molecule has 0 radical (unpaired) electrons. The molecule has 0 bridgehead atoms. The lowest BCUT2D eigenvalue weighted by atomic mass is 9.99. The van der Waals surface area contributed by atoms with Gasteiger partial charge in [0.25, 0.3) is 5.56 Å². The van der Waals surface area contributed by atoms with E-state index in [1.807, 2.05) is 44.2 Å². The first-order valence-electron chi connectivity index (χ1n) is 8.28. The quantitative estimate of drug-likeness (QED) is 0.815. The zero-order valence-electron chi connectivity index (χ0n) is 14.2. The van der Waals surface area contributed by atoms with Gasteiger partial charge in [0.2, 0.25) is 5.91 Å². The maximum absolute atomic E-state index is 12.0. The molecule has 0 aliphatic heterocycles. The summed E-state index contributed by atoms with van der Waals surface area (Å²) >= 11 is 0. The van der Waals surface area contributed by atoms with Crippen LogP contribution in [-0.4, -0.2) is 16.5 Å². The van der Waals surface area contributed by atoms with E-state index in [0.717, 1.165) is 17.5 Å². The number of aromatic nitrogens is 1. The monoisotopic (exact) mass is 327 g/mol. The molecule has 2 atom stereocenters. The van der Waals surface area contributed by atoms with E-state index in [2.05, 4.69) is 5.32 Å². The largest absolute Gasteiger partial charge is 0.351 e. The van der Waals surface area contributed by atoms with Crippen LogP contribution >= 0.6 is 0 Å². The Balaban J connectivity index is 1.92. The van der Waals surface area contributed by atoms with Crippen molar-refractivity contribution in [3.63, 3.8) is 0 Å². The number of hydrogen-bond acceptors (Lipinski definition) is 3. The van der Waals surface area contributed by atoms with E-state index in [-0.39, 0.29) is 17.4 Å². The van der Waals surface area contributed by atoms with Gasteiger partial charge in [-0.1, -0.05) is 50.6 Å². The molecule has 2 rings (SSSR count). The van der Waals surface area contributed by atoms with Crippen LogP contribution in [0.2, 0.25) is 0 Å². The summed E-state index contributed by atoms with van der Waals surface area (Å²) in [4.78, 5) is 23.7. The van der Waals surface area contributed by atoms with Gasteiger partial charge in [0.15, 0.2) is 0 Å². The SMILES string of the molecule is CCC(C)C(N)C(=O)NCc1ccc(Cn2ccccc2=O)cc1. The van der Waals surface area contributed by atoms with E-state index in [0.29, 0.717) is 13.1 Å². The van der Waals surface area contributed by atoms with Crippen LogP contribution in [-0.2, 0) is 17.9 Å². The highest BCUT2D eigenvalue weighted by molar-refractivity contribution is 5.81. The Hall–Kier alpha value is -2.40. The molecule has 0 aliphatic carbocycles. The van der Waals surface area contributed by atoms with Gasteiger partial charge in [-0.2, -0.15) is 0 Å². The van der Waals surface area contributed by atoms with E-state index in [1.54, 1.807) is 22.9 Å². The number of benzene rings is 1. The van der Waals surface area contributed by atoms with Crippen molar-refractivity contribution in [1.82, 2.24) is 9.88 Å². The van der Waals surface area contributed by atoms with Gasteiger partial charge in [0, 0.05) is 18.8 Å². The summed E-state index contributed by atoms with van der Waals surface area (Å²) in [6.45, 7) is 4.99. The number of rotatable bonds is 7. The topological polar surface area (TPSA) is 77.1 Å². The molecule has 128 valence electrons. The van der Waals surface area contributed by atoms with Gasteiger partial charge < -0.3 is 15.6 Å². The lowest BCUT2D eigenvalue weighted by molar-refractivity contribution is -0.123. The van der Waals surface area contributed by atoms with Crippen molar-refractivity contribution in [1.29, 1.82) is 0 Å². The molecule has 24 heavy (non-hydrogen) atoms. The van der Waals surface area contributed by atoms with Crippen LogP contribution in [0.3, 0.4) is 0 Å². The van der Waals surface area contributed by atoms with E-state index in [1.165, 1.54) is 0 Å². The number of nitrogens with one attached hydrogen (secondary N) is 1. The second-order valence-electron chi connectivity index (χ2n) is 6.11. The molecular formula is C19H25N3O2. The van der Waals surface area contributed by atoms with Crippen LogP contribution in [0.1, 0.15) is 31.4 Å². The zero-order chi connectivity index (χ0) is 17.5. The highest BCUT2D eigenvalue weighted by Gasteiger charge is 2.18. The molecular weight excluding hydrogens is 302 g/mol. The van der Waals surface area contributed by atoms with E-state index in [4.69, 9.17) is 5.73 Å². The average molecular weight is 327 g/mol. The molecule has 1 aromatic heterocycles. The third kappa shape index (κ3) is 4.80. The van der Waals surface area contributed by atoms with Gasteiger partial charge >= 0.3 is 0 Å². The van der Waals surface area contributed by atoms with Crippen LogP contribution in [0, 0.1) is 5.92 Å². The molecule has 1 heterocycles. The molecule has 2 aromatic rings. The number of hydrogen-bond donors (Lipinski definition) is 2. The minimum absolute atomic E-state index is 0.0205. The summed E-state index contributed by atoms with van der Waals surface area (Å²) in [5, 5.41) is 2.87. The Morgan fingerprint density at radius 1 is 1.17 bits per heavy atom. The average Bonchev–Trinajstić information content (AvgIpc) is 2.61. The first-order valence-corrected chi connectivity index (χ1v) is 8.28. The molecule has 5 heteroatoms. The van der Waals surface area contributed by atoms with Gasteiger partial charge in [0.1, 0.15) is 0 Å². The van der Waals surface area contributed by atoms with Crippen LogP contribution in [0.5, 0.6) is 0 Å². The van der Waals surface area contributed by atoms with Crippen molar-refractivity contribution in [2.24, 2.45) is 11.7 Å². The Bertz CT molecular complexity index is 722. The Labute approximate surface area is 142 Å². The molecule has 1 aromatic carbocycles. The van der Waals surface area contributed by atoms with E-state index >= 15 is 0 Å². The second-order valence-corrected chi connectivity index (χ2v) is 6.11. The van der Waals surface area contributed by atoms with Crippen molar-refractivity contribution in [2.75, 3.05) is 0 Å². The van der Waals surface area contributed by atoms with Crippen molar-refractivity contribution in [3.05, 3.63) is 70.1 Å². The van der Waals surface area contributed by atoms with Crippen LogP contribution in [0.15, 0.2) is 53.5 Å². The number of carbonyl (C=O) groups excluding carboxylic acids is 1. The molecule has 0 fully saturated rings. The first kappa shape index (κ1) is 17.9. The lowest BCUT2D eigenvalue weighted by Crippen LogP contribution is -2.44. The third-order valence-electron chi connectivity index (χ3n) is 4.30. The second kappa shape index (κ2) is 8.45. The normalized spacial score (nSPS) is 13.3. The molecule has 0 aliphatic rings. The fraction of sp³-hybridized carbons (Fsp3) is 0.368. The van der Waals surface area contributed by atoms with E-state index < -0.39 is 6.04 Å². The molecule has 0 saturated heterocycles. The van der Waals surface area contributed by atoms with Crippen molar-refractivity contribution in [3.8, 4) is 0 Å². The van der Waals surface area contributed by atoms with Crippen molar-refractivity contribution >= 4 is 5.91 Å². The standard InChI is InChI=1S/C19H25N3O2/c1-3-14(2)18(20)19(24)21-12-15-7-9-16(10-8-15)13-22-11-5-4-6-17(22)23/h4-11,14,18H,3,12-13,20H2,1-2H3,(H,21,24). The summed E-state index contributed by atoms with van der Waals surface area (Å²) in [6, 6.07) is 12.5. The minimum atomic E-state index is -0.473. The molecule has 0 saturated carbocycles. The third-order valence-corrected chi connectivity index (χ3v) is 4.30. The molecule has 3 N–H and O–H groups in total. The van der Waals surface area contributed by atoms with Gasteiger partial charge in [-0.25, -0.2) is 0 Å². The maximum Gasteiger partial charge on any atom is 0.250 e. The van der Waals surface area contributed by atoms with Crippen LogP contribution in [0.25, 0.3) is 0 Å². The summed E-state index contributed by atoms with van der Waals surface area (Å²) in [5.41, 5.74) is 7.94. The van der Waals surface area contributed by atoms with Gasteiger partial charge in [-0.05, 0) is 23.1 Å². The Morgan fingerprint density at radius 2 is 1.83 bits per heavy atom.